The maximum absolute atomic E-state index is 11.9. The lowest BCUT2D eigenvalue weighted by molar-refractivity contribution is -0.115. The van der Waals surface area contributed by atoms with Crippen molar-refractivity contribution in [2.24, 2.45) is 0 Å². The minimum atomic E-state index is -4.63. The number of hydrogen-bond donors (Lipinski definition) is 3. The van der Waals surface area contributed by atoms with Gasteiger partial charge in [-0.2, -0.15) is 23.4 Å². The SMILES string of the molecule is O=C(Nc1ccc(Nc2nc(Cl)nc(Cl)n2)cc1S(=O)(=O)O)C(Br)CBr. The predicted molar refractivity (Wildman–Crippen MR) is 105 cm³/mol. The molecule has 0 aliphatic carbocycles. The van der Waals surface area contributed by atoms with Gasteiger partial charge in [0.25, 0.3) is 10.1 Å². The van der Waals surface area contributed by atoms with Gasteiger partial charge in [-0.1, -0.05) is 31.9 Å². The van der Waals surface area contributed by atoms with Gasteiger partial charge < -0.3 is 10.6 Å². The number of hydrogen-bond acceptors (Lipinski definition) is 7. The molecule has 0 spiro atoms. The molecule has 0 saturated carbocycles. The van der Waals surface area contributed by atoms with Gasteiger partial charge in [0.05, 0.1) is 5.69 Å². The lowest BCUT2D eigenvalue weighted by Crippen LogP contribution is -2.24. The smallest absolute Gasteiger partial charge is 0.296 e. The van der Waals surface area contributed by atoms with Gasteiger partial charge in [0.15, 0.2) is 0 Å². The van der Waals surface area contributed by atoms with Crippen molar-refractivity contribution in [1.82, 2.24) is 15.0 Å². The highest BCUT2D eigenvalue weighted by atomic mass is 79.9. The number of carbonyl (C=O) groups excluding carboxylic acids is 1. The van der Waals surface area contributed by atoms with E-state index in [0.717, 1.165) is 6.07 Å². The molecule has 0 radical (unpaired) electrons. The fourth-order valence-corrected chi connectivity index (χ4v) is 3.15. The lowest BCUT2D eigenvalue weighted by Gasteiger charge is -2.13. The summed E-state index contributed by atoms with van der Waals surface area (Å²) in [6, 6.07) is 3.82. The summed E-state index contributed by atoms with van der Waals surface area (Å²) in [7, 11) is -4.63. The largest absolute Gasteiger partial charge is 0.324 e. The van der Waals surface area contributed by atoms with Gasteiger partial charge in [-0.05, 0) is 41.4 Å². The topological polar surface area (TPSA) is 134 Å². The zero-order valence-corrected chi connectivity index (χ0v) is 18.0. The molecule has 3 N–H and O–H groups in total. The van der Waals surface area contributed by atoms with Crippen LogP contribution in [0.5, 0.6) is 0 Å². The molecular formula is C12H9Br2Cl2N5O4S. The fraction of sp³-hybridized carbons (Fsp3) is 0.167. The second-order valence-electron chi connectivity index (χ2n) is 4.62. The first-order valence-electron chi connectivity index (χ1n) is 6.56. The Labute approximate surface area is 174 Å². The summed E-state index contributed by atoms with van der Waals surface area (Å²) in [5, 5.41) is 5.07. The molecule has 0 saturated heterocycles. The van der Waals surface area contributed by atoms with Gasteiger partial charge >= 0.3 is 0 Å². The van der Waals surface area contributed by atoms with Gasteiger partial charge in [-0.15, -0.1) is 0 Å². The van der Waals surface area contributed by atoms with Crippen LogP contribution in [0.1, 0.15) is 0 Å². The number of carbonyl (C=O) groups is 1. The van der Waals surface area contributed by atoms with Gasteiger partial charge in [0, 0.05) is 11.0 Å². The Morgan fingerprint density at radius 2 is 1.85 bits per heavy atom. The Bertz CT molecular complexity index is 927. The molecule has 1 amide bonds. The molecule has 9 nitrogen and oxygen atoms in total. The zero-order chi connectivity index (χ0) is 19.5. The lowest BCUT2D eigenvalue weighted by atomic mass is 10.2. The van der Waals surface area contributed by atoms with Crippen LogP contribution < -0.4 is 10.6 Å². The van der Waals surface area contributed by atoms with Gasteiger partial charge in [0.1, 0.15) is 9.72 Å². The summed E-state index contributed by atoms with van der Waals surface area (Å²) in [5.41, 5.74) is 0.102. The van der Waals surface area contributed by atoms with E-state index in [4.69, 9.17) is 23.2 Å². The van der Waals surface area contributed by atoms with E-state index in [2.05, 4.69) is 57.4 Å². The number of anilines is 3. The molecule has 14 heteroatoms. The van der Waals surface area contributed by atoms with Crippen LogP contribution in [-0.2, 0) is 14.9 Å². The molecule has 0 bridgehead atoms. The van der Waals surface area contributed by atoms with Crippen LogP contribution in [0.3, 0.4) is 0 Å². The van der Waals surface area contributed by atoms with E-state index >= 15 is 0 Å². The normalized spacial score (nSPS) is 12.5. The Kier molecular flexibility index (Phi) is 7.16. The highest BCUT2D eigenvalue weighted by molar-refractivity contribution is 9.12. The summed E-state index contributed by atoms with van der Waals surface area (Å²) in [6.07, 6.45) is 0. The van der Waals surface area contributed by atoms with Crippen LogP contribution in [0.2, 0.25) is 10.6 Å². The Balaban J connectivity index is 2.38. The number of nitrogens with one attached hydrogen (secondary N) is 2. The number of halogens is 4. The van der Waals surface area contributed by atoms with Crippen molar-refractivity contribution in [2.75, 3.05) is 16.0 Å². The number of rotatable bonds is 6. The van der Waals surface area contributed by atoms with Crippen molar-refractivity contribution >= 4 is 88.4 Å². The third kappa shape index (κ3) is 5.72. The Morgan fingerprint density at radius 3 is 2.38 bits per heavy atom. The van der Waals surface area contributed by atoms with Crippen LogP contribution in [0, 0.1) is 0 Å². The summed E-state index contributed by atoms with van der Waals surface area (Å²) >= 11 is 17.6. The van der Waals surface area contributed by atoms with Crippen LogP contribution in [0.15, 0.2) is 23.1 Å². The maximum Gasteiger partial charge on any atom is 0.296 e. The average molecular weight is 550 g/mol. The Morgan fingerprint density at radius 1 is 1.23 bits per heavy atom. The molecule has 0 aliphatic heterocycles. The third-order valence-electron chi connectivity index (χ3n) is 2.77. The third-order valence-corrected chi connectivity index (χ3v) is 6.26. The van der Waals surface area contributed by atoms with E-state index in [1.807, 2.05) is 0 Å². The van der Waals surface area contributed by atoms with Crippen molar-refractivity contribution < 1.29 is 17.8 Å². The first kappa shape index (κ1) is 21.3. The average Bonchev–Trinajstić information content (AvgIpc) is 2.53. The van der Waals surface area contributed by atoms with Crippen LogP contribution >= 0.6 is 55.1 Å². The molecule has 140 valence electrons. The summed E-state index contributed by atoms with van der Waals surface area (Å²) < 4.78 is 32.8. The second kappa shape index (κ2) is 8.76. The van der Waals surface area contributed by atoms with E-state index in [-0.39, 0.29) is 27.9 Å². The highest BCUT2D eigenvalue weighted by Crippen LogP contribution is 2.27. The van der Waals surface area contributed by atoms with Crippen molar-refractivity contribution in [3.05, 3.63) is 28.8 Å². The van der Waals surface area contributed by atoms with E-state index in [1.54, 1.807) is 0 Å². The monoisotopic (exact) mass is 547 g/mol. The summed E-state index contributed by atoms with van der Waals surface area (Å²) in [4.78, 5) is 22.0. The molecule has 1 aromatic heterocycles. The number of benzene rings is 1. The number of amides is 1. The molecule has 1 unspecified atom stereocenters. The minimum absolute atomic E-state index is 0.0344. The van der Waals surface area contributed by atoms with Crippen LogP contribution in [0.25, 0.3) is 0 Å². The quantitative estimate of drug-likeness (QED) is 0.369. The summed E-state index contributed by atoms with van der Waals surface area (Å²) in [5.74, 6) is -0.531. The van der Waals surface area contributed by atoms with Crippen LogP contribution in [-0.4, -0.2) is 44.0 Å². The molecule has 0 aliphatic rings. The van der Waals surface area contributed by atoms with E-state index in [1.165, 1.54) is 12.1 Å². The molecule has 1 heterocycles. The number of alkyl halides is 2. The molecular weight excluding hydrogens is 541 g/mol. The molecule has 2 aromatic rings. The van der Waals surface area contributed by atoms with E-state index in [9.17, 15) is 17.8 Å². The number of nitrogens with zero attached hydrogens (tertiary/aromatic N) is 3. The highest BCUT2D eigenvalue weighted by Gasteiger charge is 2.21. The van der Waals surface area contributed by atoms with Crippen molar-refractivity contribution in [2.45, 2.75) is 9.72 Å². The van der Waals surface area contributed by atoms with E-state index < -0.39 is 25.7 Å². The molecule has 2 rings (SSSR count). The molecule has 26 heavy (non-hydrogen) atoms. The minimum Gasteiger partial charge on any atom is -0.324 e. The standard InChI is InChI=1S/C12H9Br2Cl2N5O4S/c13-4-6(14)9(22)18-7-2-1-5(3-8(7)26(23,24)25)17-12-20-10(15)19-11(16)21-12/h1-3,6H,4H2,(H,18,22)(H,23,24,25)(H,17,19,20,21). The maximum atomic E-state index is 11.9. The summed E-state index contributed by atoms with van der Waals surface area (Å²) in [6.45, 7) is 0. The second-order valence-corrected chi connectivity index (χ2v) is 8.44. The van der Waals surface area contributed by atoms with Crippen LogP contribution in [0.4, 0.5) is 17.3 Å². The van der Waals surface area contributed by atoms with Gasteiger partial charge in [-0.25, -0.2) is 0 Å². The number of aromatic nitrogens is 3. The fourth-order valence-electron chi connectivity index (χ4n) is 1.71. The zero-order valence-electron chi connectivity index (χ0n) is 12.5. The molecule has 1 atom stereocenters. The van der Waals surface area contributed by atoms with Crippen molar-refractivity contribution in [3.63, 3.8) is 0 Å². The first-order chi connectivity index (χ1) is 12.1. The first-order valence-corrected chi connectivity index (χ1v) is 10.8. The van der Waals surface area contributed by atoms with Crippen molar-refractivity contribution in [1.29, 1.82) is 0 Å². The Hall–Kier alpha value is -1.05. The van der Waals surface area contributed by atoms with E-state index in [0.29, 0.717) is 5.33 Å². The predicted octanol–water partition coefficient (Wildman–Crippen LogP) is 3.27. The molecule has 0 fully saturated rings. The van der Waals surface area contributed by atoms with Gasteiger partial charge in [0.2, 0.25) is 22.4 Å². The molecule has 1 aromatic carbocycles. The van der Waals surface area contributed by atoms with Crippen molar-refractivity contribution in [3.8, 4) is 0 Å². The van der Waals surface area contributed by atoms with Gasteiger partial charge in [-0.3, -0.25) is 9.35 Å².